The molecule has 0 spiro atoms. The van der Waals surface area contributed by atoms with E-state index >= 15 is 0 Å². The number of pyridine rings is 1. The van der Waals surface area contributed by atoms with Crippen molar-refractivity contribution in [1.29, 1.82) is 0 Å². The van der Waals surface area contributed by atoms with Gasteiger partial charge in [-0.1, -0.05) is 49.3 Å². The van der Waals surface area contributed by atoms with Crippen LogP contribution in [0, 0.1) is 0 Å². The average molecular weight is 378 g/mol. The summed E-state index contributed by atoms with van der Waals surface area (Å²) in [6, 6.07) is 14.2. The highest BCUT2D eigenvalue weighted by Crippen LogP contribution is 2.36. The van der Waals surface area contributed by atoms with Crippen molar-refractivity contribution in [3.63, 3.8) is 0 Å². The van der Waals surface area contributed by atoms with Crippen LogP contribution >= 0.6 is 0 Å². The molecule has 1 N–H and O–H groups in total. The molecule has 0 radical (unpaired) electrons. The minimum Gasteiger partial charge on any atom is -0.395 e. The van der Waals surface area contributed by atoms with Crippen molar-refractivity contribution in [2.24, 2.45) is 0 Å². The highest BCUT2D eigenvalue weighted by molar-refractivity contribution is 5.59. The maximum Gasteiger partial charge on any atom is 0.258 e. The van der Waals surface area contributed by atoms with Gasteiger partial charge in [0.05, 0.1) is 6.61 Å². The van der Waals surface area contributed by atoms with E-state index in [1.165, 1.54) is 5.56 Å². The first-order chi connectivity index (χ1) is 13.6. The van der Waals surface area contributed by atoms with Crippen LogP contribution in [-0.2, 0) is 5.41 Å². The summed E-state index contributed by atoms with van der Waals surface area (Å²) in [5.74, 6) is 2.31. The Morgan fingerprint density at radius 1 is 1.21 bits per heavy atom. The molecule has 6 heteroatoms. The lowest BCUT2D eigenvalue weighted by atomic mass is 9.75. The maximum atomic E-state index is 10.3. The Kier molecular flexibility index (Phi) is 5.13. The second-order valence-corrected chi connectivity index (χ2v) is 7.84. The first kappa shape index (κ1) is 18.6. The SMILES string of the molecule is CC(C)c1noc(-c2ccnc(N3CCCC(CO)(c4ccccc4)C3)c2)n1. The van der Waals surface area contributed by atoms with Crippen molar-refractivity contribution in [2.45, 2.75) is 38.0 Å². The van der Waals surface area contributed by atoms with Crippen LogP contribution in [0.25, 0.3) is 11.5 Å². The van der Waals surface area contributed by atoms with Crippen LogP contribution in [0.15, 0.2) is 53.2 Å². The number of nitrogens with zero attached hydrogens (tertiary/aromatic N) is 4. The monoisotopic (exact) mass is 378 g/mol. The summed E-state index contributed by atoms with van der Waals surface area (Å²) in [7, 11) is 0. The van der Waals surface area contributed by atoms with E-state index in [1.54, 1.807) is 6.20 Å². The average Bonchev–Trinajstić information content (AvgIpc) is 3.25. The van der Waals surface area contributed by atoms with E-state index in [0.717, 1.165) is 37.3 Å². The summed E-state index contributed by atoms with van der Waals surface area (Å²) in [6.45, 7) is 5.84. The molecule has 4 rings (SSSR count). The molecule has 1 fully saturated rings. The number of anilines is 1. The predicted octanol–water partition coefficient (Wildman–Crippen LogP) is 3.79. The lowest BCUT2D eigenvalue weighted by molar-refractivity contribution is 0.172. The Morgan fingerprint density at radius 2 is 2.04 bits per heavy atom. The molecule has 1 unspecified atom stereocenters. The van der Waals surface area contributed by atoms with Gasteiger partial charge in [-0.15, -0.1) is 0 Å². The van der Waals surface area contributed by atoms with Crippen LogP contribution in [0.1, 0.15) is 44.0 Å². The molecule has 1 aromatic carbocycles. The fraction of sp³-hybridized carbons (Fsp3) is 0.409. The summed E-state index contributed by atoms with van der Waals surface area (Å²) >= 11 is 0. The Labute approximate surface area is 165 Å². The van der Waals surface area contributed by atoms with E-state index in [9.17, 15) is 5.11 Å². The van der Waals surface area contributed by atoms with E-state index in [0.29, 0.717) is 11.7 Å². The zero-order valence-corrected chi connectivity index (χ0v) is 16.4. The fourth-order valence-corrected chi connectivity index (χ4v) is 3.89. The predicted molar refractivity (Wildman–Crippen MR) is 108 cm³/mol. The molecule has 1 aliphatic heterocycles. The third-order valence-electron chi connectivity index (χ3n) is 5.54. The highest BCUT2D eigenvalue weighted by atomic mass is 16.5. The lowest BCUT2D eigenvalue weighted by Crippen LogP contribution is -2.48. The summed E-state index contributed by atoms with van der Waals surface area (Å²) in [4.78, 5) is 11.3. The normalized spacial score (nSPS) is 19.9. The number of piperidine rings is 1. The molecule has 28 heavy (non-hydrogen) atoms. The van der Waals surface area contributed by atoms with Gasteiger partial charge in [-0.05, 0) is 30.5 Å². The van der Waals surface area contributed by atoms with Crippen LogP contribution < -0.4 is 4.90 Å². The minimum atomic E-state index is -0.271. The standard InChI is InChI=1S/C22H26N4O2/c1-16(2)20-24-21(28-25-20)17-9-11-23-19(13-17)26-12-6-10-22(14-26,15-27)18-7-4-3-5-8-18/h3-5,7-9,11,13,16,27H,6,10,12,14-15H2,1-2H3. The second kappa shape index (κ2) is 7.72. The zero-order valence-electron chi connectivity index (χ0n) is 16.4. The van der Waals surface area contributed by atoms with Crippen LogP contribution in [0.5, 0.6) is 0 Å². The second-order valence-electron chi connectivity index (χ2n) is 7.84. The Hall–Kier alpha value is -2.73. The van der Waals surface area contributed by atoms with Gasteiger partial charge in [0.15, 0.2) is 5.82 Å². The van der Waals surface area contributed by atoms with E-state index in [1.807, 2.05) is 44.2 Å². The lowest BCUT2D eigenvalue weighted by Gasteiger charge is -2.42. The number of hydrogen-bond donors (Lipinski definition) is 1. The smallest absolute Gasteiger partial charge is 0.258 e. The third kappa shape index (κ3) is 3.52. The molecule has 0 bridgehead atoms. The molecule has 0 amide bonds. The molecule has 0 aliphatic carbocycles. The summed E-state index contributed by atoms with van der Waals surface area (Å²) < 4.78 is 5.44. The van der Waals surface area contributed by atoms with Crippen molar-refractivity contribution >= 4 is 5.82 Å². The first-order valence-electron chi connectivity index (χ1n) is 9.83. The Bertz CT molecular complexity index is 925. The van der Waals surface area contributed by atoms with E-state index in [-0.39, 0.29) is 17.9 Å². The van der Waals surface area contributed by atoms with Gasteiger partial charge in [0.2, 0.25) is 0 Å². The van der Waals surface area contributed by atoms with Gasteiger partial charge in [-0.2, -0.15) is 4.98 Å². The molecule has 0 saturated carbocycles. The van der Waals surface area contributed by atoms with Crippen molar-refractivity contribution in [3.05, 3.63) is 60.0 Å². The summed E-state index contributed by atoms with van der Waals surface area (Å²) in [6.07, 6.45) is 3.74. The molecule has 1 aliphatic rings. The van der Waals surface area contributed by atoms with Crippen LogP contribution in [0.4, 0.5) is 5.82 Å². The molecule has 3 heterocycles. The quantitative estimate of drug-likeness (QED) is 0.728. The Morgan fingerprint density at radius 3 is 2.75 bits per heavy atom. The first-order valence-corrected chi connectivity index (χ1v) is 9.83. The van der Waals surface area contributed by atoms with Crippen molar-refractivity contribution in [3.8, 4) is 11.5 Å². The van der Waals surface area contributed by atoms with Gasteiger partial charge in [0, 0.05) is 36.2 Å². The molecular formula is C22H26N4O2. The third-order valence-corrected chi connectivity index (χ3v) is 5.54. The highest BCUT2D eigenvalue weighted by Gasteiger charge is 2.37. The van der Waals surface area contributed by atoms with E-state index in [2.05, 4.69) is 32.2 Å². The topological polar surface area (TPSA) is 75.3 Å². The molecule has 2 aromatic heterocycles. The van der Waals surface area contributed by atoms with Crippen molar-refractivity contribution in [1.82, 2.24) is 15.1 Å². The number of benzene rings is 1. The number of hydrogen-bond acceptors (Lipinski definition) is 6. The van der Waals surface area contributed by atoms with Gasteiger partial charge in [-0.3, -0.25) is 0 Å². The van der Waals surface area contributed by atoms with Crippen LogP contribution in [-0.4, -0.2) is 39.9 Å². The zero-order chi connectivity index (χ0) is 19.6. The maximum absolute atomic E-state index is 10.3. The molecule has 6 nitrogen and oxygen atoms in total. The number of aliphatic hydroxyl groups excluding tert-OH is 1. The molecule has 146 valence electrons. The van der Waals surface area contributed by atoms with Gasteiger partial charge in [0.25, 0.3) is 5.89 Å². The minimum absolute atomic E-state index is 0.120. The van der Waals surface area contributed by atoms with Crippen LogP contribution in [0.3, 0.4) is 0 Å². The van der Waals surface area contributed by atoms with Gasteiger partial charge in [-0.25, -0.2) is 4.98 Å². The summed E-state index contributed by atoms with van der Waals surface area (Å²) in [5, 5.41) is 14.3. The van der Waals surface area contributed by atoms with Gasteiger partial charge in [0.1, 0.15) is 5.82 Å². The molecular weight excluding hydrogens is 352 g/mol. The molecule has 3 aromatic rings. The molecule has 1 atom stereocenters. The number of aromatic nitrogens is 3. The van der Waals surface area contributed by atoms with E-state index < -0.39 is 0 Å². The Balaban J connectivity index is 1.62. The van der Waals surface area contributed by atoms with Crippen molar-refractivity contribution in [2.75, 3.05) is 24.6 Å². The molecule has 1 saturated heterocycles. The van der Waals surface area contributed by atoms with Gasteiger partial charge >= 0.3 is 0 Å². The van der Waals surface area contributed by atoms with Crippen molar-refractivity contribution < 1.29 is 9.63 Å². The fourth-order valence-electron chi connectivity index (χ4n) is 3.89. The van der Waals surface area contributed by atoms with Gasteiger partial charge < -0.3 is 14.5 Å². The van der Waals surface area contributed by atoms with Crippen LogP contribution in [0.2, 0.25) is 0 Å². The number of aliphatic hydroxyl groups is 1. The summed E-state index contributed by atoms with van der Waals surface area (Å²) in [5.41, 5.74) is 1.77. The largest absolute Gasteiger partial charge is 0.395 e. The van der Waals surface area contributed by atoms with E-state index in [4.69, 9.17) is 4.52 Å². The number of rotatable bonds is 5.